The quantitative estimate of drug-likeness (QED) is 0.786. The maximum absolute atomic E-state index is 5.08. The van der Waals surface area contributed by atoms with E-state index in [0.717, 1.165) is 24.7 Å². The molecule has 0 bridgehead atoms. The van der Waals surface area contributed by atoms with Gasteiger partial charge in [0, 0.05) is 13.1 Å². The monoisotopic (exact) mass is 236 g/mol. The van der Waals surface area contributed by atoms with Crippen LogP contribution in [-0.2, 0) is 0 Å². The highest BCUT2D eigenvalue weighted by Crippen LogP contribution is 2.19. The maximum atomic E-state index is 5.08. The summed E-state index contributed by atoms with van der Waals surface area (Å²) in [7, 11) is 1.66. The number of nitrogens with zero attached hydrogens (tertiary/aromatic N) is 2. The lowest BCUT2D eigenvalue weighted by atomic mass is 10.1. The van der Waals surface area contributed by atoms with Crippen LogP contribution in [0.4, 0.5) is 5.82 Å². The Kier molecular flexibility index (Phi) is 6.45. The third kappa shape index (κ3) is 4.63. The summed E-state index contributed by atoms with van der Waals surface area (Å²) in [6, 6.07) is 4.00. The lowest BCUT2D eigenvalue weighted by Gasteiger charge is -2.27. The molecule has 2 rings (SSSR count). The SMILES string of the molecule is CCC.COc1ccc(N2CCCCC2)nc1. The van der Waals surface area contributed by atoms with Crippen LogP contribution in [0.5, 0.6) is 5.75 Å². The minimum atomic E-state index is 0.825. The van der Waals surface area contributed by atoms with Crippen molar-refractivity contribution in [1.29, 1.82) is 0 Å². The highest BCUT2D eigenvalue weighted by Gasteiger charge is 2.11. The van der Waals surface area contributed by atoms with E-state index in [9.17, 15) is 0 Å². The third-order valence-corrected chi connectivity index (χ3v) is 2.64. The van der Waals surface area contributed by atoms with Gasteiger partial charge in [-0.2, -0.15) is 0 Å². The molecule has 3 nitrogen and oxygen atoms in total. The van der Waals surface area contributed by atoms with Gasteiger partial charge in [0.05, 0.1) is 13.3 Å². The first kappa shape index (κ1) is 13.8. The van der Waals surface area contributed by atoms with Crippen LogP contribution in [0, 0.1) is 0 Å². The normalized spacial score (nSPS) is 14.9. The Morgan fingerprint density at radius 2 is 1.82 bits per heavy atom. The van der Waals surface area contributed by atoms with Crippen molar-refractivity contribution >= 4 is 5.82 Å². The van der Waals surface area contributed by atoms with E-state index in [1.165, 1.54) is 25.7 Å². The maximum Gasteiger partial charge on any atom is 0.137 e. The molecule has 96 valence electrons. The molecule has 0 saturated carbocycles. The average molecular weight is 236 g/mol. The molecule has 0 aromatic carbocycles. The van der Waals surface area contributed by atoms with E-state index in [0.29, 0.717) is 0 Å². The van der Waals surface area contributed by atoms with E-state index in [-0.39, 0.29) is 0 Å². The van der Waals surface area contributed by atoms with E-state index in [2.05, 4.69) is 23.7 Å². The predicted octanol–water partition coefficient (Wildman–Crippen LogP) is 3.50. The van der Waals surface area contributed by atoms with E-state index in [4.69, 9.17) is 4.74 Å². The first-order chi connectivity index (χ1) is 8.31. The van der Waals surface area contributed by atoms with Gasteiger partial charge in [-0.25, -0.2) is 4.98 Å². The number of hydrogen-bond acceptors (Lipinski definition) is 3. The summed E-state index contributed by atoms with van der Waals surface area (Å²) in [5.74, 6) is 1.90. The van der Waals surface area contributed by atoms with Crippen LogP contribution in [0.2, 0.25) is 0 Å². The molecule has 1 aliphatic rings. The Labute approximate surface area is 105 Å². The molecule has 0 atom stereocenters. The molecule has 0 aliphatic carbocycles. The molecule has 2 heterocycles. The number of aromatic nitrogens is 1. The van der Waals surface area contributed by atoms with Gasteiger partial charge in [-0.05, 0) is 31.4 Å². The summed E-state index contributed by atoms with van der Waals surface area (Å²) in [5, 5.41) is 0. The molecule has 1 saturated heterocycles. The molecule has 17 heavy (non-hydrogen) atoms. The van der Waals surface area contributed by atoms with Gasteiger partial charge in [-0.3, -0.25) is 0 Å². The number of methoxy groups -OCH3 is 1. The second kappa shape index (κ2) is 7.93. The number of anilines is 1. The minimum Gasteiger partial charge on any atom is -0.495 e. The average Bonchev–Trinajstić information content (AvgIpc) is 2.41. The Bertz CT molecular complexity index is 292. The van der Waals surface area contributed by atoms with Crippen LogP contribution in [0.15, 0.2) is 18.3 Å². The predicted molar refractivity (Wildman–Crippen MR) is 72.8 cm³/mol. The molecular weight excluding hydrogens is 212 g/mol. The van der Waals surface area contributed by atoms with Gasteiger partial charge in [-0.1, -0.05) is 20.3 Å². The van der Waals surface area contributed by atoms with Gasteiger partial charge >= 0.3 is 0 Å². The van der Waals surface area contributed by atoms with Crippen molar-refractivity contribution in [1.82, 2.24) is 4.98 Å². The van der Waals surface area contributed by atoms with Gasteiger partial charge in [0.15, 0.2) is 0 Å². The Morgan fingerprint density at radius 3 is 2.29 bits per heavy atom. The van der Waals surface area contributed by atoms with Crippen molar-refractivity contribution < 1.29 is 4.74 Å². The third-order valence-electron chi connectivity index (χ3n) is 2.64. The first-order valence-corrected chi connectivity index (χ1v) is 6.56. The van der Waals surface area contributed by atoms with Crippen LogP contribution in [0.25, 0.3) is 0 Å². The highest BCUT2D eigenvalue weighted by molar-refractivity contribution is 5.40. The zero-order chi connectivity index (χ0) is 12.5. The topological polar surface area (TPSA) is 25.4 Å². The molecule has 1 aromatic heterocycles. The first-order valence-electron chi connectivity index (χ1n) is 6.56. The van der Waals surface area contributed by atoms with E-state index >= 15 is 0 Å². The number of piperidine rings is 1. The van der Waals surface area contributed by atoms with Gasteiger partial charge in [0.25, 0.3) is 0 Å². The van der Waals surface area contributed by atoms with Crippen LogP contribution in [0.3, 0.4) is 0 Å². The summed E-state index contributed by atoms with van der Waals surface area (Å²) in [6.07, 6.45) is 6.96. The summed E-state index contributed by atoms with van der Waals surface area (Å²) < 4.78 is 5.08. The highest BCUT2D eigenvalue weighted by atomic mass is 16.5. The Morgan fingerprint density at radius 1 is 1.18 bits per heavy atom. The molecule has 0 amide bonds. The molecule has 0 spiro atoms. The summed E-state index contributed by atoms with van der Waals surface area (Å²) in [6.45, 7) is 6.53. The van der Waals surface area contributed by atoms with Crippen LogP contribution in [-0.4, -0.2) is 25.2 Å². The molecule has 1 fully saturated rings. The van der Waals surface area contributed by atoms with Crippen molar-refractivity contribution in [3.63, 3.8) is 0 Å². The van der Waals surface area contributed by atoms with Crippen molar-refractivity contribution in [2.45, 2.75) is 39.5 Å². The van der Waals surface area contributed by atoms with E-state index < -0.39 is 0 Å². The van der Waals surface area contributed by atoms with Crippen molar-refractivity contribution in [2.24, 2.45) is 0 Å². The van der Waals surface area contributed by atoms with Crippen LogP contribution < -0.4 is 9.64 Å². The van der Waals surface area contributed by atoms with Gasteiger partial charge in [0.1, 0.15) is 11.6 Å². The van der Waals surface area contributed by atoms with Crippen molar-refractivity contribution in [2.75, 3.05) is 25.1 Å². The number of pyridine rings is 1. The number of ether oxygens (including phenoxy) is 1. The molecule has 3 heteroatoms. The van der Waals surface area contributed by atoms with Crippen LogP contribution in [0.1, 0.15) is 39.5 Å². The van der Waals surface area contributed by atoms with Crippen molar-refractivity contribution in [3.8, 4) is 5.75 Å². The van der Waals surface area contributed by atoms with E-state index in [1.54, 1.807) is 13.3 Å². The fourth-order valence-corrected chi connectivity index (χ4v) is 1.80. The lowest BCUT2D eigenvalue weighted by Crippen LogP contribution is -2.29. The second-order valence-electron chi connectivity index (χ2n) is 4.31. The fourth-order valence-electron chi connectivity index (χ4n) is 1.80. The number of rotatable bonds is 2. The van der Waals surface area contributed by atoms with Gasteiger partial charge < -0.3 is 9.64 Å². The second-order valence-corrected chi connectivity index (χ2v) is 4.31. The molecule has 0 radical (unpaired) electrons. The smallest absolute Gasteiger partial charge is 0.137 e. The summed E-state index contributed by atoms with van der Waals surface area (Å²) in [5.41, 5.74) is 0. The molecule has 1 aliphatic heterocycles. The molecule has 0 unspecified atom stereocenters. The number of hydrogen-bond donors (Lipinski definition) is 0. The van der Waals surface area contributed by atoms with Gasteiger partial charge in [0.2, 0.25) is 0 Å². The Hall–Kier alpha value is -1.25. The fraction of sp³-hybridized carbons (Fsp3) is 0.643. The molecule has 1 aromatic rings. The molecule has 0 N–H and O–H groups in total. The van der Waals surface area contributed by atoms with Crippen molar-refractivity contribution in [3.05, 3.63) is 18.3 Å². The summed E-state index contributed by atoms with van der Waals surface area (Å²) in [4.78, 5) is 6.71. The zero-order valence-corrected chi connectivity index (χ0v) is 11.3. The Balaban J connectivity index is 0.000000437. The largest absolute Gasteiger partial charge is 0.495 e. The van der Waals surface area contributed by atoms with Crippen LogP contribution >= 0.6 is 0 Å². The van der Waals surface area contributed by atoms with Gasteiger partial charge in [-0.15, -0.1) is 0 Å². The molecular formula is C14H24N2O. The lowest BCUT2D eigenvalue weighted by molar-refractivity contribution is 0.412. The summed E-state index contributed by atoms with van der Waals surface area (Å²) >= 11 is 0. The zero-order valence-electron chi connectivity index (χ0n) is 11.3. The minimum absolute atomic E-state index is 0.825. The standard InChI is InChI=1S/C11H16N2O.C3H8/c1-14-10-5-6-11(12-9-10)13-7-3-2-4-8-13;1-3-2/h5-6,9H,2-4,7-8H2,1H3;3H2,1-2H3. The van der Waals surface area contributed by atoms with E-state index in [1.807, 2.05) is 12.1 Å².